The third kappa shape index (κ3) is 5.94. The summed E-state index contributed by atoms with van der Waals surface area (Å²) in [5.74, 6) is -0.392. The lowest BCUT2D eigenvalue weighted by atomic mass is 9.75. The van der Waals surface area contributed by atoms with E-state index in [2.05, 4.69) is 5.32 Å². The van der Waals surface area contributed by atoms with Crippen LogP contribution in [-0.4, -0.2) is 28.3 Å². The zero-order valence-electron chi connectivity index (χ0n) is 12.3. The van der Waals surface area contributed by atoms with Crippen molar-refractivity contribution in [1.29, 1.82) is 0 Å². The molecule has 1 amide bonds. The van der Waals surface area contributed by atoms with Gasteiger partial charge >= 0.3 is 12.1 Å². The molecule has 110 valence electrons. The van der Waals surface area contributed by atoms with Crippen LogP contribution >= 0.6 is 0 Å². The molecule has 1 atom stereocenters. The van der Waals surface area contributed by atoms with E-state index in [1.165, 1.54) is 6.42 Å². The molecule has 1 aliphatic rings. The summed E-state index contributed by atoms with van der Waals surface area (Å²) in [6.07, 6.45) is 3.49. The van der Waals surface area contributed by atoms with Crippen molar-refractivity contribution in [2.75, 3.05) is 0 Å². The quantitative estimate of drug-likeness (QED) is 0.806. The molecule has 19 heavy (non-hydrogen) atoms. The lowest BCUT2D eigenvalue weighted by Gasteiger charge is -2.37. The number of carboxylic acids is 1. The molecule has 1 rings (SSSR count). The SMILES string of the molecule is CC(CC(=O)O)(CC1CCC1)NC(=O)OC(C)(C)C. The van der Waals surface area contributed by atoms with Crippen LogP contribution in [0.4, 0.5) is 4.79 Å². The summed E-state index contributed by atoms with van der Waals surface area (Å²) < 4.78 is 5.21. The Morgan fingerprint density at radius 3 is 2.21 bits per heavy atom. The van der Waals surface area contributed by atoms with Gasteiger partial charge in [-0.2, -0.15) is 0 Å². The van der Waals surface area contributed by atoms with Gasteiger partial charge < -0.3 is 15.2 Å². The van der Waals surface area contributed by atoms with Gasteiger partial charge in [-0.05, 0) is 40.0 Å². The molecule has 0 aliphatic heterocycles. The molecule has 1 fully saturated rings. The predicted molar refractivity (Wildman–Crippen MR) is 72.0 cm³/mol. The van der Waals surface area contributed by atoms with Crippen LogP contribution in [-0.2, 0) is 9.53 Å². The number of carbonyl (C=O) groups is 2. The minimum absolute atomic E-state index is 0.0806. The Morgan fingerprint density at radius 1 is 1.26 bits per heavy atom. The fraction of sp³-hybridized carbons (Fsp3) is 0.857. The van der Waals surface area contributed by atoms with Crippen molar-refractivity contribution < 1.29 is 19.4 Å². The van der Waals surface area contributed by atoms with Gasteiger partial charge in [-0.3, -0.25) is 4.79 Å². The third-order valence-electron chi connectivity index (χ3n) is 3.31. The number of carboxylic acid groups (broad SMARTS) is 1. The molecular formula is C14H25NO4. The molecule has 5 heteroatoms. The normalized spacial score (nSPS) is 19.2. The average molecular weight is 271 g/mol. The van der Waals surface area contributed by atoms with Crippen LogP contribution < -0.4 is 5.32 Å². The van der Waals surface area contributed by atoms with E-state index in [0.29, 0.717) is 12.3 Å². The van der Waals surface area contributed by atoms with Crippen LogP contribution in [0.25, 0.3) is 0 Å². The highest BCUT2D eigenvalue weighted by atomic mass is 16.6. The average Bonchev–Trinajstić information content (AvgIpc) is 2.06. The largest absolute Gasteiger partial charge is 0.481 e. The number of rotatable bonds is 5. The van der Waals surface area contributed by atoms with Crippen molar-refractivity contribution >= 4 is 12.1 Å². The second-order valence-corrected chi connectivity index (χ2v) is 6.76. The van der Waals surface area contributed by atoms with Gasteiger partial charge in [0.15, 0.2) is 0 Å². The van der Waals surface area contributed by atoms with Gasteiger partial charge in [0, 0.05) is 0 Å². The first kappa shape index (κ1) is 15.8. The first-order chi connectivity index (χ1) is 8.60. The predicted octanol–water partition coefficient (Wildman–Crippen LogP) is 2.93. The van der Waals surface area contributed by atoms with E-state index in [4.69, 9.17) is 9.84 Å². The van der Waals surface area contributed by atoms with Gasteiger partial charge in [-0.25, -0.2) is 4.79 Å². The van der Waals surface area contributed by atoms with E-state index in [1.807, 2.05) is 0 Å². The standard InChI is InChI=1S/C14H25NO4/c1-13(2,3)19-12(18)15-14(4,9-11(16)17)8-10-6-5-7-10/h10H,5-9H2,1-4H3,(H,15,18)(H,16,17). The van der Waals surface area contributed by atoms with Gasteiger partial charge in [0.2, 0.25) is 0 Å². The molecule has 0 heterocycles. The maximum atomic E-state index is 11.8. The maximum absolute atomic E-state index is 11.8. The van der Waals surface area contributed by atoms with E-state index < -0.39 is 23.2 Å². The molecule has 5 nitrogen and oxygen atoms in total. The molecular weight excluding hydrogens is 246 g/mol. The highest BCUT2D eigenvalue weighted by molar-refractivity contribution is 5.72. The van der Waals surface area contributed by atoms with E-state index in [-0.39, 0.29) is 6.42 Å². The number of carbonyl (C=O) groups excluding carboxylic acids is 1. The first-order valence-corrected chi connectivity index (χ1v) is 6.83. The van der Waals surface area contributed by atoms with Crippen molar-refractivity contribution in [2.24, 2.45) is 5.92 Å². The fourth-order valence-electron chi connectivity index (χ4n) is 2.39. The Balaban J connectivity index is 2.61. The van der Waals surface area contributed by atoms with Crippen molar-refractivity contribution in [3.8, 4) is 0 Å². The molecule has 0 radical (unpaired) electrons. The lowest BCUT2D eigenvalue weighted by Crippen LogP contribution is -2.50. The fourth-order valence-corrected chi connectivity index (χ4v) is 2.39. The monoisotopic (exact) mass is 271 g/mol. The summed E-state index contributed by atoms with van der Waals surface area (Å²) in [5.41, 5.74) is -1.32. The van der Waals surface area contributed by atoms with Crippen molar-refractivity contribution in [2.45, 2.75) is 70.9 Å². The molecule has 0 aromatic heterocycles. The van der Waals surface area contributed by atoms with Crippen LogP contribution in [0.2, 0.25) is 0 Å². The van der Waals surface area contributed by atoms with Crippen LogP contribution in [0.5, 0.6) is 0 Å². The first-order valence-electron chi connectivity index (χ1n) is 6.83. The van der Waals surface area contributed by atoms with Crippen LogP contribution in [0.15, 0.2) is 0 Å². The minimum Gasteiger partial charge on any atom is -0.481 e. The van der Waals surface area contributed by atoms with Gasteiger partial charge in [0.25, 0.3) is 0 Å². The summed E-state index contributed by atoms with van der Waals surface area (Å²) in [6.45, 7) is 7.14. The molecule has 0 aromatic rings. The van der Waals surface area contributed by atoms with Gasteiger partial charge in [0.05, 0.1) is 12.0 Å². The summed E-state index contributed by atoms with van der Waals surface area (Å²) in [6, 6.07) is 0. The Morgan fingerprint density at radius 2 is 1.84 bits per heavy atom. The number of ether oxygens (including phenoxy) is 1. The Bertz CT molecular complexity index is 344. The van der Waals surface area contributed by atoms with Gasteiger partial charge in [-0.15, -0.1) is 0 Å². The highest BCUT2D eigenvalue weighted by Crippen LogP contribution is 2.35. The summed E-state index contributed by atoms with van der Waals surface area (Å²) in [7, 11) is 0. The number of alkyl carbamates (subject to hydrolysis) is 1. The third-order valence-corrected chi connectivity index (χ3v) is 3.31. The second-order valence-electron chi connectivity index (χ2n) is 6.76. The second kappa shape index (κ2) is 5.80. The zero-order chi connectivity index (χ0) is 14.7. The van der Waals surface area contributed by atoms with Crippen molar-refractivity contribution in [1.82, 2.24) is 5.32 Å². The number of hydrogen-bond acceptors (Lipinski definition) is 3. The Hall–Kier alpha value is -1.26. The van der Waals surface area contributed by atoms with Crippen LogP contribution in [0.3, 0.4) is 0 Å². The van der Waals surface area contributed by atoms with Gasteiger partial charge in [0.1, 0.15) is 5.60 Å². The zero-order valence-corrected chi connectivity index (χ0v) is 12.3. The number of nitrogens with one attached hydrogen (secondary N) is 1. The van der Waals surface area contributed by atoms with Crippen LogP contribution in [0, 0.1) is 5.92 Å². The number of amides is 1. The highest BCUT2D eigenvalue weighted by Gasteiger charge is 2.35. The number of aliphatic carboxylic acids is 1. The molecule has 0 saturated heterocycles. The van der Waals surface area contributed by atoms with Crippen LogP contribution in [0.1, 0.15) is 59.8 Å². The Labute approximate surface area is 114 Å². The Kier molecular flexibility index (Phi) is 4.82. The van der Waals surface area contributed by atoms with E-state index in [1.54, 1.807) is 27.7 Å². The molecule has 0 spiro atoms. The molecule has 2 N–H and O–H groups in total. The van der Waals surface area contributed by atoms with E-state index in [9.17, 15) is 9.59 Å². The molecule has 1 saturated carbocycles. The minimum atomic E-state index is -0.905. The maximum Gasteiger partial charge on any atom is 0.408 e. The lowest BCUT2D eigenvalue weighted by molar-refractivity contribution is -0.138. The molecule has 0 aromatic carbocycles. The van der Waals surface area contributed by atoms with Gasteiger partial charge in [-0.1, -0.05) is 19.3 Å². The van der Waals surface area contributed by atoms with E-state index >= 15 is 0 Å². The molecule has 1 aliphatic carbocycles. The summed E-state index contributed by atoms with van der Waals surface area (Å²) in [4.78, 5) is 22.8. The topological polar surface area (TPSA) is 75.6 Å². The molecule has 1 unspecified atom stereocenters. The molecule has 0 bridgehead atoms. The summed E-state index contributed by atoms with van der Waals surface area (Å²) in [5, 5.41) is 11.7. The van der Waals surface area contributed by atoms with Crippen molar-refractivity contribution in [3.63, 3.8) is 0 Å². The van der Waals surface area contributed by atoms with Crippen molar-refractivity contribution in [3.05, 3.63) is 0 Å². The van der Waals surface area contributed by atoms with E-state index in [0.717, 1.165) is 12.8 Å². The smallest absolute Gasteiger partial charge is 0.408 e. The number of hydrogen-bond donors (Lipinski definition) is 2. The summed E-state index contributed by atoms with van der Waals surface area (Å²) >= 11 is 0.